The molecule has 3 N–H and O–H groups in total. The molecule has 6 atom stereocenters. The minimum Gasteiger partial charge on any atom is -0.393 e. The molecule has 0 aromatic carbocycles. The second kappa shape index (κ2) is 11.5. The first-order chi connectivity index (χ1) is 15.0. The van der Waals surface area contributed by atoms with Crippen molar-refractivity contribution >= 4 is 0 Å². The summed E-state index contributed by atoms with van der Waals surface area (Å²) >= 11 is 0. The second-order valence-corrected chi connectivity index (χ2v) is 10.8. The highest BCUT2D eigenvalue weighted by molar-refractivity contribution is 5.38. The zero-order chi connectivity index (χ0) is 24.1. The summed E-state index contributed by atoms with van der Waals surface area (Å²) in [5.41, 5.74) is 2.82. The number of ether oxygens (including phenoxy) is 1. The highest BCUT2D eigenvalue weighted by atomic mass is 16.5. The predicted molar refractivity (Wildman–Crippen MR) is 132 cm³/mol. The third kappa shape index (κ3) is 6.56. The summed E-state index contributed by atoms with van der Waals surface area (Å²) in [7, 11) is 0. The highest BCUT2D eigenvalue weighted by Crippen LogP contribution is 2.58. The van der Waals surface area contributed by atoms with Gasteiger partial charge in [-0.1, -0.05) is 45.1 Å². The zero-order valence-electron chi connectivity index (χ0n) is 21.4. The van der Waals surface area contributed by atoms with Gasteiger partial charge in [0.2, 0.25) is 0 Å². The first-order valence-corrected chi connectivity index (χ1v) is 12.8. The van der Waals surface area contributed by atoms with Crippen molar-refractivity contribution < 1.29 is 20.1 Å². The molecule has 0 bridgehead atoms. The van der Waals surface area contributed by atoms with Gasteiger partial charge in [-0.2, -0.15) is 0 Å². The highest BCUT2D eigenvalue weighted by Gasteiger charge is 2.51. The summed E-state index contributed by atoms with van der Waals surface area (Å²) in [6, 6.07) is 0. The molecule has 0 spiro atoms. The summed E-state index contributed by atoms with van der Waals surface area (Å²) < 4.78 is 6.19. The van der Waals surface area contributed by atoms with Crippen LogP contribution in [0.2, 0.25) is 0 Å². The summed E-state index contributed by atoms with van der Waals surface area (Å²) in [6.07, 6.45) is 11.0. The van der Waals surface area contributed by atoms with E-state index in [2.05, 4.69) is 32.6 Å². The van der Waals surface area contributed by atoms with Gasteiger partial charge in [-0.25, -0.2) is 0 Å². The number of allylic oxidation sites excluding steroid dienone is 3. The SMILES string of the molecule is C=C1/C(=C/C=C2\CCCC3(C)[C@@H]([C@H](C)OCCC(C)(C)O)CC[C@@H]23)CC(O)C[C@@H]1O.CC. The molecule has 0 saturated heterocycles. The van der Waals surface area contributed by atoms with Crippen LogP contribution in [-0.2, 0) is 4.74 Å². The average Bonchev–Trinajstić information content (AvgIpc) is 3.07. The zero-order valence-corrected chi connectivity index (χ0v) is 21.4. The van der Waals surface area contributed by atoms with Crippen LogP contribution < -0.4 is 0 Å². The molecule has 3 fully saturated rings. The molecular formula is C28H48O4. The maximum Gasteiger partial charge on any atom is 0.0811 e. The Labute approximate surface area is 196 Å². The lowest BCUT2D eigenvalue weighted by molar-refractivity contribution is -0.0454. The Kier molecular flexibility index (Phi) is 9.78. The van der Waals surface area contributed by atoms with Crippen molar-refractivity contribution in [3.8, 4) is 0 Å². The molecule has 0 amide bonds. The lowest BCUT2D eigenvalue weighted by atomic mass is 9.62. The monoisotopic (exact) mass is 448 g/mol. The maximum atomic E-state index is 10.1. The van der Waals surface area contributed by atoms with Crippen LogP contribution in [-0.4, -0.2) is 45.8 Å². The Balaban J connectivity index is 0.00000176. The fraction of sp³-hybridized carbons (Fsp3) is 0.786. The maximum absolute atomic E-state index is 10.1. The van der Waals surface area contributed by atoms with E-state index in [0.29, 0.717) is 37.7 Å². The van der Waals surface area contributed by atoms with Crippen LogP contribution in [0, 0.1) is 17.3 Å². The topological polar surface area (TPSA) is 69.9 Å². The van der Waals surface area contributed by atoms with E-state index >= 15 is 0 Å². The van der Waals surface area contributed by atoms with Crippen LogP contribution in [0.3, 0.4) is 0 Å². The molecule has 184 valence electrons. The van der Waals surface area contributed by atoms with Gasteiger partial charge in [0.25, 0.3) is 0 Å². The first kappa shape index (κ1) is 27.3. The van der Waals surface area contributed by atoms with Gasteiger partial charge in [0.05, 0.1) is 23.9 Å². The number of hydrogen-bond acceptors (Lipinski definition) is 4. The lowest BCUT2D eigenvalue weighted by Crippen LogP contribution is -2.39. The molecule has 4 nitrogen and oxygen atoms in total. The number of rotatable bonds is 6. The Hall–Kier alpha value is -0.940. The van der Waals surface area contributed by atoms with Crippen LogP contribution >= 0.6 is 0 Å². The van der Waals surface area contributed by atoms with E-state index in [-0.39, 0.29) is 11.5 Å². The molecule has 2 unspecified atom stereocenters. The average molecular weight is 449 g/mol. The van der Waals surface area contributed by atoms with E-state index in [1.807, 2.05) is 27.7 Å². The van der Waals surface area contributed by atoms with Crippen molar-refractivity contribution in [2.75, 3.05) is 6.61 Å². The van der Waals surface area contributed by atoms with Crippen molar-refractivity contribution in [2.45, 2.75) is 117 Å². The van der Waals surface area contributed by atoms with E-state index in [1.165, 1.54) is 31.3 Å². The standard InChI is InChI=1S/C26H42O4.C2H6/c1-17-20(15-21(27)16-24(17)28)9-8-19-7-6-12-26(5)22(10-11-23(19)26)18(2)30-14-13-25(3,4)29;1-2/h8-9,18,21-24,27-29H,1,6-7,10-16H2,2-5H3;1-2H3/b19-8+,20-9+;/t18-,21?,22+,23-,24-,26?;/m0./s1. The number of fused-ring (bicyclic) bond motifs is 1. The molecule has 3 rings (SSSR count). The Morgan fingerprint density at radius 1 is 1.22 bits per heavy atom. The molecule has 4 heteroatoms. The van der Waals surface area contributed by atoms with Gasteiger partial charge >= 0.3 is 0 Å². The summed E-state index contributed by atoms with van der Waals surface area (Å²) in [5, 5.41) is 30.1. The molecule has 0 aromatic rings. The number of aliphatic hydroxyl groups is 3. The van der Waals surface area contributed by atoms with Crippen molar-refractivity contribution in [1.29, 1.82) is 0 Å². The smallest absolute Gasteiger partial charge is 0.0811 e. The number of hydrogen-bond donors (Lipinski definition) is 3. The van der Waals surface area contributed by atoms with Gasteiger partial charge in [-0.3, -0.25) is 0 Å². The third-order valence-corrected chi connectivity index (χ3v) is 7.96. The van der Waals surface area contributed by atoms with Crippen LogP contribution in [0.4, 0.5) is 0 Å². The Morgan fingerprint density at radius 2 is 1.91 bits per heavy atom. The molecule has 0 aromatic heterocycles. The van der Waals surface area contributed by atoms with Gasteiger partial charge < -0.3 is 20.1 Å². The molecule has 3 aliphatic rings. The van der Waals surface area contributed by atoms with Gasteiger partial charge in [0.1, 0.15) is 0 Å². The third-order valence-electron chi connectivity index (χ3n) is 7.96. The first-order valence-electron chi connectivity index (χ1n) is 12.8. The van der Waals surface area contributed by atoms with E-state index in [9.17, 15) is 15.3 Å². The summed E-state index contributed by atoms with van der Waals surface area (Å²) in [4.78, 5) is 0. The second-order valence-electron chi connectivity index (χ2n) is 10.8. The summed E-state index contributed by atoms with van der Waals surface area (Å²) in [5.74, 6) is 1.11. The lowest BCUT2D eigenvalue weighted by Gasteiger charge is -2.44. The van der Waals surface area contributed by atoms with E-state index in [4.69, 9.17) is 4.74 Å². The normalized spacial score (nSPS) is 36.6. The molecule has 32 heavy (non-hydrogen) atoms. The molecule has 0 radical (unpaired) electrons. The van der Waals surface area contributed by atoms with Gasteiger partial charge in [-0.05, 0) is 94.1 Å². The Morgan fingerprint density at radius 3 is 2.56 bits per heavy atom. The van der Waals surface area contributed by atoms with Gasteiger partial charge in [-0.15, -0.1) is 0 Å². The van der Waals surface area contributed by atoms with Gasteiger partial charge in [0, 0.05) is 13.0 Å². The van der Waals surface area contributed by atoms with Crippen LogP contribution in [0.25, 0.3) is 0 Å². The van der Waals surface area contributed by atoms with E-state index in [1.54, 1.807) is 0 Å². The quantitative estimate of drug-likeness (QED) is 0.486. The molecule has 0 heterocycles. The minimum atomic E-state index is -0.680. The van der Waals surface area contributed by atoms with E-state index in [0.717, 1.165) is 17.6 Å². The van der Waals surface area contributed by atoms with Crippen molar-refractivity contribution in [2.24, 2.45) is 17.3 Å². The van der Waals surface area contributed by atoms with Crippen molar-refractivity contribution in [3.05, 3.63) is 35.5 Å². The number of aliphatic hydroxyl groups excluding tert-OH is 2. The summed E-state index contributed by atoms with van der Waals surface area (Å²) in [6.45, 7) is 17.0. The largest absolute Gasteiger partial charge is 0.393 e. The van der Waals surface area contributed by atoms with Gasteiger partial charge in [0.15, 0.2) is 0 Å². The fourth-order valence-corrected chi connectivity index (χ4v) is 6.13. The molecular weight excluding hydrogens is 400 g/mol. The minimum absolute atomic E-state index is 0.198. The van der Waals surface area contributed by atoms with Crippen LogP contribution in [0.15, 0.2) is 35.5 Å². The fourth-order valence-electron chi connectivity index (χ4n) is 6.13. The van der Waals surface area contributed by atoms with E-state index < -0.39 is 17.8 Å². The molecule has 3 saturated carbocycles. The predicted octanol–water partition coefficient (Wildman–Crippen LogP) is 5.72. The Bertz CT molecular complexity index is 686. The molecule has 0 aliphatic heterocycles. The van der Waals surface area contributed by atoms with Crippen molar-refractivity contribution in [1.82, 2.24) is 0 Å². The molecule has 3 aliphatic carbocycles. The van der Waals surface area contributed by atoms with Crippen molar-refractivity contribution in [3.63, 3.8) is 0 Å². The van der Waals surface area contributed by atoms with Crippen LogP contribution in [0.5, 0.6) is 0 Å². The van der Waals surface area contributed by atoms with Crippen LogP contribution in [0.1, 0.15) is 92.9 Å².